The Labute approximate surface area is 157 Å². The zero-order chi connectivity index (χ0) is 20.1. The molecule has 2 aromatic carbocycles. The van der Waals surface area contributed by atoms with E-state index in [1.54, 1.807) is 12.1 Å². The topological polar surface area (TPSA) is 143 Å². The molecule has 3 aromatic rings. The van der Waals surface area contributed by atoms with Gasteiger partial charge in [-0.25, -0.2) is 4.79 Å². The molecule has 142 valence electrons. The number of H-pyrrole nitrogens is 1. The Morgan fingerprint density at radius 1 is 1.04 bits per heavy atom. The van der Waals surface area contributed by atoms with Crippen LogP contribution in [0.1, 0.15) is 20.8 Å². The number of benzene rings is 2. The molecule has 1 heterocycles. The SMILES string of the molecule is O=C(COC(=O)c1cc2ccccc2[nH]1)NNC(=O)c1ccc([N+](=O)[O-])cc1. The van der Waals surface area contributed by atoms with Crippen LogP contribution in [0.3, 0.4) is 0 Å². The zero-order valence-electron chi connectivity index (χ0n) is 14.3. The lowest BCUT2D eigenvalue weighted by atomic mass is 10.2. The molecule has 0 atom stereocenters. The van der Waals surface area contributed by atoms with Gasteiger partial charge in [-0.2, -0.15) is 0 Å². The van der Waals surface area contributed by atoms with Gasteiger partial charge in [0.15, 0.2) is 6.61 Å². The Hall–Kier alpha value is -4.21. The molecule has 0 radical (unpaired) electrons. The van der Waals surface area contributed by atoms with Crippen molar-refractivity contribution in [3.8, 4) is 0 Å². The number of aromatic amines is 1. The average Bonchev–Trinajstić information content (AvgIpc) is 3.14. The summed E-state index contributed by atoms with van der Waals surface area (Å²) in [5, 5.41) is 11.4. The van der Waals surface area contributed by atoms with E-state index >= 15 is 0 Å². The van der Waals surface area contributed by atoms with Crippen LogP contribution in [0.25, 0.3) is 10.9 Å². The molecule has 3 N–H and O–H groups in total. The molecule has 0 unspecified atom stereocenters. The quantitative estimate of drug-likeness (QED) is 0.348. The van der Waals surface area contributed by atoms with Gasteiger partial charge in [-0.05, 0) is 24.3 Å². The van der Waals surface area contributed by atoms with Gasteiger partial charge in [0.2, 0.25) is 0 Å². The van der Waals surface area contributed by atoms with Crippen LogP contribution in [-0.4, -0.2) is 34.3 Å². The summed E-state index contributed by atoms with van der Waals surface area (Å²) in [6.07, 6.45) is 0. The summed E-state index contributed by atoms with van der Waals surface area (Å²) in [5.41, 5.74) is 5.12. The number of nitro benzene ring substituents is 1. The summed E-state index contributed by atoms with van der Waals surface area (Å²) in [6.45, 7) is -0.602. The molecular formula is C18H14N4O6. The first-order valence-corrected chi connectivity index (χ1v) is 8.02. The third-order valence-electron chi connectivity index (χ3n) is 3.74. The molecule has 10 heteroatoms. The van der Waals surface area contributed by atoms with Crippen LogP contribution in [0.5, 0.6) is 0 Å². The summed E-state index contributed by atoms with van der Waals surface area (Å²) in [5.74, 6) is -2.14. The molecule has 28 heavy (non-hydrogen) atoms. The van der Waals surface area contributed by atoms with Crippen LogP contribution in [0.2, 0.25) is 0 Å². The number of carbonyl (C=O) groups is 3. The van der Waals surface area contributed by atoms with Crippen LogP contribution >= 0.6 is 0 Å². The van der Waals surface area contributed by atoms with Gasteiger partial charge in [0, 0.05) is 28.6 Å². The van der Waals surface area contributed by atoms with Gasteiger partial charge in [0.1, 0.15) is 5.69 Å². The highest BCUT2D eigenvalue weighted by Gasteiger charge is 2.14. The summed E-state index contributed by atoms with van der Waals surface area (Å²) in [4.78, 5) is 48.5. The van der Waals surface area contributed by atoms with Gasteiger partial charge in [-0.15, -0.1) is 0 Å². The fourth-order valence-electron chi connectivity index (χ4n) is 2.36. The Morgan fingerprint density at radius 3 is 2.43 bits per heavy atom. The normalized spacial score (nSPS) is 10.3. The van der Waals surface area contributed by atoms with Crippen molar-refractivity contribution in [1.82, 2.24) is 15.8 Å². The molecule has 3 rings (SSSR count). The molecule has 0 saturated heterocycles. The smallest absolute Gasteiger partial charge is 0.355 e. The number of carbonyl (C=O) groups excluding carboxylic acids is 3. The summed E-state index contributed by atoms with van der Waals surface area (Å²) >= 11 is 0. The Kier molecular flexibility index (Phi) is 5.30. The van der Waals surface area contributed by atoms with E-state index in [4.69, 9.17) is 4.74 Å². The number of nitro groups is 1. The van der Waals surface area contributed by atoms with E-state index in [2.05, 4.69) is 15.8 Å². The number of non-ortho nitro benzene ring substituents is 1. The van der Waals surface area contributed by atoms with E-state index in [0.717, 1.165) is 10.9 Å². The second-order valence-electron chi connectivity index (χ2n) is 5.65. The maximum atomic E-state index is 12.0. The van der Waals surface area contributed by atoms with Crippen LogP contribution in [0.4, 0.5) is 5.69 Å². The van der Waals surface area contributed by atoms with Gasteiger partial charge in [-0.1, -0.05) is 18.2 Å². The number of ether oxygens (including phenoxy) is 1. The molecule has 10 nitrogen and oxygen atoms in total. The lowest BCUT2D eigenvalue weighted by Crippen LogP contribution is -2.43. The van der Waals surface area contributed by atoms with Gasteiger partial charge in [0.25, 0.3) is 17.5 Å². The molecule has 0 fully saturated rings. The van der Waals surface area contributed by atoms with Crippen molar-refractivity contribution in [3.05, 3.63) is 76.0 Å². The van der Waals surface area contributed by atoms with Crippen molar-refractivity contribution >= 4 is 34.4 Å². The number of nitrogens with one attached hydrogen (secondary N) is 3. The monoisotopic (exact) mass is 382 g/mol. The minimum absolute atomic E-state index is 0.112. The van der Waals surface area contributed by atoms with Crippen molar-refractivity contribution in [2.24, 2.45) is 0 Å². The Balaban J connectivity index is 1.48. The van der Waals surface area contributed by atoms with Crippen LogP contribution in [-0.2, 0) is 9.53 Å². The molecule has 2 amide bonds. The van der Waals surface area contributed by atoms with Gasteiger partial charge in [0.05, 0.1) is 4.92 Å². The average molecular weight is 382 g/mol. The molecule has 0 spiro atoms. The number of hydrazine groups is 1. The maximum absolute atomic E-state index is 12.0. The molecule has 0 saturated carbocycles. The number of fused-ring (bicyclic) bond motifs is 1. The standard InChI is InChI=1S/C18H14N4O6/c23-16(20-21-17(24)11-5-7-13(8-6-11)22(26)27)10-28-18(25)15-9-12-3-1-2-4-14(12)19-15/h1-9,19H,10H2,(H,20,23)(H,21,24). The maximum Gasteiger partial charge on any atom is 0.355 e. The second kappa shape index (κ2) is 7.99. The van der Waals surface area contributed by atoms with Crippen LogP contribution in [0, 0.1) is 10.1 Å². The molecule has 1 aromatic heterocycles. The number of aromatic nitrogens is 1. The summed E-state index contributed by atoms with van der Waals surface area (Å²) < 4.78 is 4.89. The van der Waals surface area contributed by atoms with E-state index in [0.29, 0.717) is 0 Å². The largest absolute Gasteiger partial charge is 0.451 e. The minimum atomic E-state index is -0.750. The van der Waals surface area contributed by atoms with E-state index in [9.17, 15) is 24.5 Å². The molecule has 0 bridgehead atoms. The second-order valence-corrected chi connectivity index (χ2v) is 5.65. The van der Waals surface area contributed by atoms with Crippen molar-refractivity contribution in [3.63, 3.8) is 0 Å². The lowest BCUT2D eigenvalue weighted by Gasteiger charge is -2.07. The predicted molar refractivity (Wildman–Crippen MR) is 97.3 cm³/mol. The Bertz CT molecular complexity index is 1020. The third kappa shape index (κ3) is 4.30. The van der Waals surface area contributed by atoms with Gasteiger partial charge < -0.3 is 9.72 Å². The number of nitrogens with zero attached hydrogens (tertiary/aromatic N) is 1. The highest BCUT2D eigenvalue weighted by molar-refractivity contribution is 5.97. The fourth-order valence-corrected chi connectivity index (χ4v) is 2.36. The molecule has 0 aliphatic carbocycles. The first kappa shape index (κ1) is 18.6. The summed E-state index contributed by atoms with van der Waals surface area (Å²) in [6, 6.07) is 13.7. The first-order valence-electron chi connectivity index (χ1n) is 8.02. The fraction of sp³-hybridized carbons (Fsp3) is 0.0556. The van der Waals surface area contributed by atoms with E-state index < -0.39 is 29.3 Å². The van der Waals surface area contributed by atoms with Crippen molar-refractivity contribution in [2.45, 2.75) is 0 Å². The highest BCUT2D eigenvalue weighted by atomic mass is 16.6. The van der Waals surface area contributed by atoms with E-state index in [1.165, 1.54) is 24.3 Å². The van der Waals surface area contributed by atoms with Crippen LogP contribution in [0.15, 0.2) is 54.6 Å². The molecular weight excluding hydrogens is 368 g/mol. The van der Waals surface area contributed by atoms with Crippen LogP contribution < -0.4 is 10.9 Å². The number of rotatable bonds is 5. The number of hydrogen-bond acceptors (Lipinski definition) is 6. The Morgan fingerprint density at radius 2 is 1.75 bits per heavy atom. The first-order chi connectivity index (χ1) is 13.4. The number of amides is 2. The summed E-state index contributed by atoms with van der Waals surface area (Å²) in [7, 11) is 0. The van der Waals surface area contributed by atoms with Gasteiger partial charge in [-0.3, -0.25) is 30.6 Å². The van der Waals surface area contributed by atoms with E-state index in [-0.39, 0.29) is 16.9 Å². The lowest BCUT2D eigenvalue weighted by molar-refractivity contribution is -0.384. The zero-order valence-corrected chi connectivity index (χ0v) is 14.3. The molecule has 0 aliphatic heterocycles. The highest BCUT2D eigenvalue weighted by Crippen LogP contribution is 2.15. The van der Waals surface area contributed by atoms with Gasteiger partial charge >= 0.3 is 5.97 Å². The number of para-hydroxylation sites is 1. The number of hydrogen-bond donors (Lipinski definition) is 3. The molecule has 0 aliphatic rings. The predicted octanol–water partition coefficient (Wildman–Crippen LogP) is 1.69. The number of esters is 1. The minimum Gasteiger partial charge on any atom is -0.451 e. The third-order valence-corrected chi connectivity index (χ3v) is 3.74. The van der Waals surface area contributed by atoms with Crippen molar-refractivity contribution in [1.29, 1.82) is 0 Å². The van der Waals surface area contributed by atoms with Crippen molar-refractivity contribution in [2.75, 3.05) is 6.61 Å². The van der Waals surface area contributed by atoms with Crippen molar-refractivity contribution < 1.29 is 24.0 Å². The van der Waals surface area contributed by atoms with E-state index in [1.807, 2.05) is 18.2 Å².